The first-order chi connectivity index (χ1) is 13.7. The molecule has 28 heavy (non-hydrogen) atoms. The van der Waals surface area contributed by atoms with Gasteiger partial charge in [-0.1, -0.05) is 48.9 Å². The monoisotopic (exact) mass is 381 g/mol. The summed E-state index contributed by atoms with van der Waals surface area (Å²) in [6.07, 6.45) is 1.21. The first-order valence-electron chi connectivity index (χ1n) is 10.7. The summed E-state index contributed by atoms with van der Waals surface area (Å²) in [5.74, 6) is 0.926. The number of nitrogens with zero attached hydrogens (tertiary/aromatic N) is 2. The molecule has 1 heterocycles. The maximum Gasteiger partial charge on any atom is 0.119 e. The van der Waals surface area contributed by atoms with Crippen molar-refractivity contribution in [3.8, 4) is 5.75 Å². The standard InChI is InChI=1S/C24H35N3O/c1-3-26-15-17-27(18-16-26)14-4-13-25-19-22-9-11-24(12-10-22)28-20-23-7-5-21(2)6-8-23/h5-12,25H,3-4,13-20H2,1-2H3. The van der Waals surface area contributed by atoms with Gasteiger partial charge in [-0.15, -0.1) is 0 Å². The normalized spacial score (nSPS) is 15.6. The highest BCUT2D eigenvalue weighted by molar-refractivity contribution is 5.28. The fourth-order valence-electron chi connectivity index (χ4n) is 3.54. The minimum Gasteiger partial charge on any atom is -0.489 e. The van der Waals surface area contributed by atoms with Crippen LogP contribution in [0.4, 0.5) is 0 Å². The van der Waals surface area contributed by atoms with Crippen LogP contribution in [0, 0.1) is 6.92 Å². The second-order valence-electron chi connectivity index (χ2n) is 7.72. The fourth-order valence-corrected chi connectivity index (χ4v) is 3.54. The quantitative estimate of drug-likeness (QED) is 0.635. The summed E-state index contributed by atoms with van der Waals surface area (Å²) >= 11 is 0. The predicted molar refractivity (Wildman–Crippen MR) is 117 cm³/mol. The molecule has 152 valence electrons. The molecule has 1 saturated heterocycles. The molecule has 1 aliphatic heterocycles. The third-order valence-corrected chi connectivity index (χ3v) is 5.52. The molecule has 1 N–H and O–H groups in total. The molecular weight excluding hydrogens is 346 g/mol. The molecule has 0 aromatic heterocycles. The van der Waals surface area contributed by atoms with Gasteiger partial charge < -0.3 is 19.9 Å². The largest absolute Gasteiger partial charge is 0.489 e. The molecule has 2 aromatic rings. The smallest absolute Gasteiger partial charge is 0.119 e. The van der Waals surface area contributed by atoms with E-state index in [0.29, 0.717) is 6.61 Å². The van der Waals surface area contributed by atoms with E-state index >= 15 is 0 Å². The van der Waals surface area contributed by atoms with Gasteiger partial charge >= 0.3 is 0 Å². The van der Waals surface area contributed by atoms with E-state index in [9.17, 15) is 0 Å². The second-order valence-corrected chi connectivity index (χ2v) is 7.72. The Labute approximate surface area is 170 Å². The van der Waals surface area contributed by atoms with Crippen LogP contribution in [0.3, 0.4) is 0 Å². The van der Waals surface area contributed by atoms with E-state index in [1.807, 2.05) is 0 Å². The number of nitrogens with one attached hydrogen (secondary N) is 1. The number of hydrogen-bond donors (Lipinski definition) is 1. The first-order valence-corrected chi connectivity index (χ1v) is 10.7. The Kier molecular flexibility index (Phi) is 8.34. The molecule has 0 spiro atoms. The van der Waals surface area contributed by atoms with Crippen molar-refractivity contribution in [1.82, 2.24) is 15.1 Å². The summed E-state index contributed by atoms with van der Waals surface area (Å²) in [7, 11) is 0. The lowest BCUT2D eigenvalue weighted by molar-refractivity contribution is 0.136. The summed E-state index contributed by atoms with van der Waals surface area (Å²) in [4.78, 5) is 5.12. The zero-order valence-electron chi connectivity index (χ0n) is 17.5. The summed E-state index contributed by atoms with van der Waals surface area (Å²) in [6.45, 7) is 14.2. The van der Waals surface area contributed by atoms with Gasteiger partial charge in [-0.25, -0.2) is 0 Å². The van der Waals surface area contributed by atoms with Gasteiger partial charge in [0, 0.05) is 32.7 Å². The molecule has 0 bridgehead atoms. The van der Waals surface area contributed by atoms with Crippen molar-refractivity contribution in [2.75, 3.05) is 45.8 Å². The first kappa shape index (κ1) is 20.8. The second kappa shape index (κ2) is 11.2. The van der Waals surface area contributed by atoms with Crippen molar-refractivity contribution in [3.05, 3.63) is 65.2 Å². The van der Waals surface area contributed by atoms with E-state index < -0.39 is 0 Å². The Hall–Kier alpha value is -1.88. The van der Waals surface area contributed by atoms with Gasteiger partial charge in [0.05, 0.1) is 0 Å². The van der Waals surface area contributed by atoms with Crippen LogP contribution in [0.5, 0.6) is 5.75 Å². The van der Waals surface area contributed by atoms with Crippen molar-refractivity contribution >= 4 is 0 Å². The predicted octanol–water partition coefficient (Wildman–Crippen LogP) is 3.69. The zero-order valence-corrected chi connectivity index (χ0v) is 17.5. The lowest BCUT2D eigenvalue weighted by Gasteiger charge is -2.34. The Bertz CT molecular complexity index is 676. The van der Waals surface area contributed by atoms with Crippen LogP contribution in [0.25, 0.3) is 0 Å². The maximum absolute atomic E-state index is 5.88. The number of hydrogen-bond acceptors (Lipinski definition) is 4. The van der Waals surface area contributed by atoms with Crippen molar-refractivity contribution in [1.29, 1.82) is 0 Å². The molecule has 4 nitrogen and oxygen atoms in total. The van der Waals surface area contributed by atoms with Crippen LogP contribution in [-0.4, -0.2) is 55.6 Å². The highest BCUT2D eigenvalue weighted by Gasteiger charge is 2.14. The van der Waals surface area contributed by atoms with Gasteiger partial charge in [0.25, 0.3) is 0 Å². The maximum atomic E-state index is 5.88. The Morgan fingerprint density at radius 3 is 2.18 bits per heavy atom. The minimum atomic E-state index is 0.615. The molecule has 0 saturated carbocycles. The van der Waals surface area contributed by atoms with E-state index in [4.69, 9.17) is 4.74 Å². The third-order valence-electron chi connectivity index (χ3n) is 5.52. The van der Waals surface area contributed by atoms with E-state index in [-0.39, 0.29) is 0 Å². The van der Waals surface area contributed by atoms with E-state index in [2.05, 4.69) is 77.5 Å². The third kappa shape index (κ3) is 6.93. The number of likely N-dealkylation sites (N-methyl/N-ethyl adjacent to an activating group) is 1. The van der Waals surface area contributed by atoms with Crippen LogP contribution >= 0.6 is 0 Å². The van der Waals surface area contributed by atoms with Crippen LogP contribution in [0.15, 0.2) is 48.5 Å². The van der Waals surface area contributed by atoms with E-state index in [1.165, 1.54) is 62.4 Å². The highest BCUT2D eigenvalue weighted by Crippen LogP contribution is 2.14. The number of piperazine rings is 1. The van der Waals surface area contributed by atoms with Crippen molar-refractivity contribution in [2.45, 2.75) is 33.4 Å². The van der Waals surface area contributed by atoms with Gasteiger partial charge in [0.1, 0.15) is 12.4 Å². The zero-order chi connectivity index (χ0) is 19.6. The number of benzene rings is 2. The van der Waals surface area contributed by atoms with Gasteiger partial charge in [0.2, 0.25) is 0 Å². The molecule has 0 radical (unpaired) electrons. The van der Waals surface area contributed by atoms with Gasteiger partial charge in [0.15, 0.2) is 0 Å². The average Bonchev–Trinajstić information content (AvgIpc) is 2.74. The fraction of sp³-hybridized carbons (Fsp3) is 0.500. The molecule has 1 fully saturated rings. The Morgan fingerprint density at radius 2 is 1.50 bits per heavy atom. The van der Waals surface area contributed by atoms with Crippen molar-refractivity contribution < 1.29 is 4.74 Å². The average molecular weight is 382 g/mol. The lowest BCUT2D eigenvalue weighted by atomic mass is 10.2. The molecule has 0 aliphatic carbocycles. The van der Waals surface area contributed by atoms with Crippen LogP contribution in [-0.2, 0) is 13.2 Å². The Morgan fingerprint density at radius 1 is 0.857 bits per heavy atom. The van der Waals surface area contributed by atoms with Crippen LogP contribution in [0.1, 0.15) is 30.0 Å². The summed E-state index contributed by atoms with van der Waals surface area (Å²) in [5.41, 5.74) is 3.78. The molecular formula is C24H35N3O. The van der Waals surface area contributed by atoms with Crippen molar-refractivity contribution in [2.24, 2.45) is 0 Å². The minimum absolute atomic E-state index is 0.615. The van der Waals surface area contributed by atoms with Gasteiger partial charge in [-0.05, 0) is 56.2 Å². The SMILES string of the molecule is CCN1CCN(CCCNCc2ccc(OCc3ccc(C)cc3)cc2)CC1. The molecule has 0 atom stereocenters. The van der Waals surface area contributed by atoms with Crippen LogP contribution in [0.2, 0.25) is 0 Å². The van der Waals surface area contributed by atoms with Crippen LogP contribution < -0.4 is 10.1 Å². The van der Waals surface area contributed by atoms with Gasteiger partial charge in [-0.3, -0.25) is 0 Å². The molecule has 1 aliphatic rings. The molecule has 2 aromatic carbocycles. The number of rotatable bonds is 10. The summed E-state index contributed by atoms with van der Waals surface area (Å²) < 4.78 is 5.88. The van der Waals surface area contributed by atoms with Crippen molar-refractivity contribution in [3.63, 3.8) is 0 Å². The number of ether oxygens (including phenoxy) is 1. The topological polar surface area (TPSA) is 27.7 Å². The number of aryl methyl sites for hydroxylation is 1. The summed E-state index contributed by atoms with van der Waals surface area (Å²) in [5, 5.41) is 3.57. The van der Waals surface area contributed by atoms with Gasteiger partial charge in [-0.2, -0.15) is 0 Å². The molecule has 4 heteroatoms. The molecule has 0 unspecified atom stereocenters. The lowest BCUT2D eigenvalue weighted by Crippen LogP contribution is -2.46. The molecule has 0 amide bonds. The van der Waals surface area contributed by atoms with E-state index in [0.717, 1.165) is 18.8 Å². The highest BCUT2D eigenvalue weighted by atomic mass is 16.5. The Balaban J connectivity index is 1.28. The van der Waals surface area contributed by atoms with E-state index in [1.54, 1.807) is 0 Å². The molecule has 3 rings (SSSR count). The summed E-state index contributed by atoms with van der Waals surface area (Å²) in [6, 6.07) is 16.9.